The Bertz CT molecular complexity index is 289. The summed E-state index contributed by atoms with van der Waals surface area (Å²) in [5.74, 6) is 1.03. The minimum atomic E-state index is 0.325. The first kappa shape index (κ1) is 14.8. The summed E-state index contributed by atoms with van der Waals surface area (Å²) < 4.78 is 0. The van der Waals surface area contributed by atoms with Gasteiger partial charge in [0.05, 0.1) is 0 Å². The number of carbonyl (C=O) groups is 1. The van der Waals surface area contributed by atoms with Gasteiger partial charge in [0.2, 0.25) is 5.91 Å². The molecule has 2 fully saturated rings. The smallest absolute Gasteiger partial charge is 0.222 e. The van der Waals surface area contributed by atoms with Gasteiger partial charge in [-0.05, 0) is 64.7 Å². The standard InChI is InChI=1S/C15H29N3O/c1-17-10-4-6-14(17)12-18(2)15(19)8-7-13-5-3-9-16-11-13/h13-14,16H,3-12H2,1-2H3. The van der Waals surface area contributed by atoms with Crippen LogP contribution in [0.5, 0.6) is 0 Å². The molecule has 110 valence electrons. The Labute approximate surface area is 117 Å². The van der Waals surface area contributed by atoms with Crippen molar-refractivity contribution in [1.82, 2.24) is 15.1 Å². The highest BCUT2D eigenvalue weighted by Gasteiger charge is 2.24. The molecule has 1 amide bonds. The number of hydrogen-bond donors (Lipinski definition) is 1. The van der Waals surface area contributed by atoms with E-state index in [1.54, 1.807) is 0 Å². The molecule has 2 saturated heterocycles. The number of nitrogens with zero attached hydrogens (tertiary/aromatic N) is 2. The molecule has 2 aliphatic rings. The van der Waals surface area contributed by atoms with E-state index in [1.807, 2.05) is 11.9 Å². The number of nitrogens with one attached hydrogen (secondary N) is 1. The lowest BCUT2D eigenvalue weighted by Gasteiger charge is -2.27. The minimum Gasteiger partial charge on any atom is -0.344 e. The maximum atomic E-state index is 12.2. The van der Waals surface area contributed by atoms with Crippen LogP contribution in [-0.4, -0.2) is 62.0 Å². The molecule has 2 rings (SSSR count). The van der Waals surface area contributed by atoms with E-state index >= 15 is 0 Å². The summed E-state index contributed by atoms with van der Waals surface area (Å²) in [5, 5.41) is 3.42. The van der Waals surface area contributed by atoms with Crippen molar-refractivity contribution >= 4 is 5.91 Å². The Morgan fingerprint density at radius 3 is 2.84 bits per heavy atom. The summed E-state index contributed by atoms with van der Waals surface area (Å²) in [7, 11) is 4.14. The van der Waals surface area contributed by atoms with E-state index < -0.39 is 0 Å². The van der Waals surface area contributed by atoms with Crippen molar-refractivity contribution in [2.45, 2.75) is 44.6 Å². The molecule has 0 saturated carbocycles. The molecule has 0 spiro atoms. The first-order valence-electron chi connectivity index (χ1n) is 7.81. The molecule has 1 N–H and O–H groups in total. The van der Waals surface area contributed by atoms with Crippen molar-refractivity contribution in [2.24, 2.45) is 5.92 Å². The molecule has 0 aromatic carbocycles. The summed E-state index contributed by atoms with van der Waals surface area (Å²) in [5.41, 5.74) is 0. The minimum absolute atomic E-state index is 0.325. The van der Waals surface area contributed by atoms with E-state index in [-0.39, 0.29) is 0 Å². The third-order valence-corrected chi connectivity index (χ3v) is 4.75. The summed E-state index contributed by atoms with van der Waals surface area (Å²) in [6.45, 7) is 4.33. The van der Waals surface area contributed by atoms with Crippen LogP contribution in [0.15, 0.2) is 0 Å². The Morgan fingerprint density at radius 2 is 2.21 bits per heavy atom. The van der Waals surface area contributed by atoms with Gasteiger partial charge in [0.25, 0.3) is 0 Å². The molecule has 0 aromatic rings. The van der Waals surface area contributed by atoms with Crippen molar-refractivity contribution in [1.29, 1.82) is 0 Å². The van der Waals surface area contributed by atoms with Gasteiger partial charge < -0.3 is 15.1 Å². The summed E-state index contributed by atoms with van der Waals surface area (Å²) >= 11 is 0. The Morgan fingerprint density at radius 1 is 1.37 bits per heavy atom. The number of rotatable bonds is 5. The number of amides is 1. The fourth-order valence-electron chi connectivity index (χ4n) is 3.32. The van der Waals surface area contributed by atoms with Crippen LogP contribution in [0.1, 0.15) is 38.5 Å². The molecule has 4 heteroatoms. The molecule has 2 heterocycles. The lowest BCUT2D eigenvalue weighted by molar-refractivity contribution is -0.130. The maximum Gasteiger partial charge on any atom is 0.222 e. The first-order chi connectivity index (χ1) is 9.16. The summed E-state index contributed by atoms with van der Waals surface area (Å²) in [4.78, 5) is 16.5. The van der Waals surface area contributed by atoms with Crippen LogP contribution in [0.25, 0.3) is 0 Å². The molecular formula is C15H29N3O. The molecular weight excluding hydrogens is 238 g/mol. The molecule has 2 unspecified atom stereocenters. The Balaban J connectivity index is 1.66. The van der Waals surface area contributed by atoms with Gasteiger partial charge in [-0.15, -0.1) is 0 Å². The number of likely N-dealkylation sites (N-methyl/N-ethyl adjacent to an activating group) is 2. The molecule has 19 heavy (non-hydrogen) atoms. The topological polar surface area (TPSA) is 35.6 Å². The lowest BCUT2D eigenvalue weighted by atomic mass is 9.94. The zero-order chi connectivity index (χ0) is 13.7. The molecule has 0 aliphatic carbocycles. The third-order valence-electron chi connectivity index (χ3n) is 4.75. The van der Waals surface area contributed by atoms with Crippen LogP contribution in [-0.2, 0) is 4.79 Å². The van der Waals surface area contributed by atoms with Crippen molar-refractivity contribution in [2.75, 3.05) is 40.3 Å². The first-order valence-corrected chi connectivity index (χ1v) is 7.81. The second-order valence-electron chi connectivity index (χ2n) is 6.30. The second-order valence-corrected chi connectivity index (χ2v) is 6.30. The van der Waals surface area contributed by atoms with Gasteiger partial charge in [0.15, 0.2) is 0 Å². The normalized spacial score (nSPS) is 28.5. The lowest BCUT2D eigenvalue weighted by Crippen LogP contribution is -2.39. The Hall–Kier alpha value is -0.610. The molecule has 0 bridgehead atoms. The molecule has 2 aliphatic heterocycles. The van der Waals surface area contributed by atoms with E-state index in [2.05, 4.69) is 17.3 Å². The van der Waals surface area contributed by atoms with E-state index in [0.29, 0.717) is 17.9 Å². The largest absolute Gasteiger partial charge is 0.344 e. The van der Waals surface area contributed by atoms with Crippen LogP contribution >= 0.6 is 0 Å². The molecule has 4 nitrogen and oxygen atoms in total. The van der Waals surface area contributed by atoms with E-state index in [1.165, 1.54) is 32.2 Å². The highest BCUT2D eigenvalue weighted by atomic mass is 16.2. The second kappa shape index (κ2) is 7.25. The Kier molecular flexibility index (Phi) is 5.64. The van der Waals surface area contributed by atoms with Gasteiger partial charge in [-0.1, -0.05) is 0 Å². The predicted octanol–water partition coefficient (Wildman–Crippen LogP) is 1.32. The number of piperidine rings is 1. The van der Waals surface area contributed by atoms with E-state index in [9.17, 15) is 4.79 Å². The SMILES string of the molecule is CN(CC1CCCN1C)C(=O)CCC1CCCNC1. The van der Waals surface area contributed by atoms with Crippen LogP contribution < -0.4 is 5.32 Å². The number of carbonyl (C=O) groups excluding carboxylic acids is 1. The van der Waals surface area contributed by atoms with Crippen molar-refractivity contribution in [3.05, 3.63) is 0 Å². The van der Waals surface area contributed by atoms with Crippen LogP contribution in [0.3, 0.4) is 0 Å². The molecule has 0 radical (unpaired) electrons. The average molecular weight is 267 g/mol. The quantitative estimate of drug-likeness (QED) is 0.816. The molecule has 0 aromatic heterocycles. The summed E-state index contributed by atoms with van der Waals surface area (Å²) in [6, 6.07) is 0.574. The van der Waals surface area contributed by atoms with E-state index in [0.717, 1.165) is 32.5 Å². The molecule has 2 atom stereocenters. The maximum absolute atomic E-state index is 12.2. The zero-order valence-corrected chi connectivity index (χ0v) is 12.5. The fraction of sp³-hybridized carbons (Fsp3) is 0.933. The van der Waals surface area contributed by atoms with Crippen molar-refractivity contribution in [3.8, 4) is 0 Å². The van der Waals surface area contributed by atoms with Crippen LogP contribution in [0, 0.1) is 5.92 Å². The number of likely N-dealkylation sites (tertiary alicyclic amines) is 1. The third kappa shape index (κ3) is 4.46. The van der Waals surface area contributed by atoms with Crippen LogP contribution in [0.2, 0.25) is 0 Å². The van der Waals surface area contributed by atoms with E-state index in [4.69, 9.17) is 0 Å². The monoisotopic (exact) mass is 267 g/mol. The van der Waals surface area contributed by atoms with Crippen molar-refractivity contribution in [3.63, 3.8) is 0 Å². The van der Waals surface area contributed by atoms with Gasteiger partial charge >= 0.3 is 0 Å². The predicted molar refractivity (Wildman–Crippen MR) is 78.1 cm³/mol. The van der Waals surface area contributed by atoms with Gasteiger partial charge in [0.1, 0.15) is 0 Å². The average Bonchev–Trinajstić information content (AvgIpc) is 2.82. The van der Waals surface area contributed by atoms with Gasteiger partial charge in [0, 0.05) is 26.1 Å². The van der Waals surface area contributed by atoms with Gasteiger partial charge in [-0.3, -0.25) is 4.79 Å². The highest BCUT2D eigenvalue weighted by molar-refractivity contribution is 5.75. The number of hydrogen-bond acceptors (Lipinski definition) is 3. The highest BCUT2D eigenvalue weighted by Crippen LogP contribution is 2.18. The zero-order valence-electron chi connectivity index (χ0n) is 12.5. The van der Waals surface area contributed by atoms with Gasteiger partial charge in [-0.2, -0.15) is 0 Å². The summed E-state index contributed by atoms with van der Waals surface area (Å²) in [6.07, 6.45) is 6.84. The van der Waals surface area contributed by atoms with Gasteiger partial charge in [-0.25, -0.2) is 0 Å². The van der Waals surface area contributed by atoms with Crippen molar-refractivity contribution < 1.29 is 4.79 Å². The fourth-order valence-corrected chi connectivity index (χ4v) is 3.32. The van der Waals surface area contributed by atoms with Crippen LogP contribution in [0.4, 0.5) is 0 Å².